The standard InChI is InChI=1S/C21H25N5O3/c1-13(27)23-14-8-10-15(11-9-14)24-20-22-12-17-18(25-20)26(16-6-4-5-7-16)19(28)21(2,3)29-17/h8-12,16H,4-7H2,1-3H3,(H,23,27)(H,22,24,25). The second-order valence-electron chi connectivity index (χ2n) is 7.99. The number of amides is 2. The minimum Gasteiger partial charge on any atom is -0.472 e. The van der Waals surface area contributed by atoms with Crippen molar-refractivity contribution in [1.82, 2.24) is 9.97 Å². The zero-order valence-corrected chi connectivity index (χ0v) is 16.9. The van der Waals surface area contributed by atoms with Crippen LogP contribution in [0.2, 0.25) is 0 Å². The molecular weight excluding hydrogens is 370 g/mol. The molecule has 1 aliphatic heterocycles. The number of benzene rings is 1. The lowest BCUT2D eigenvalue weighted by molar-refractivity contribution is -0.133. The van der Waals surface area contributed by atoms with Gasteiger partial charge in [0, 0.05) is 24.3 Å². The van der Waals surface area contributed by atoms with Gasteiger partial charge in [-0.15, -0.1) is 0 Å². The van der Waals surface area contributed by atoms with Crippen LogP contribution in [0.15, 0.2) is 30.5 Å². The smallest absolute Gasteiger partial charge is 0.272 e. The Balaban J connectivity index is 1.61. The molecular formula is C21H25N5O3. The van der Waals surface area contributed by atoms with Gasteiger partial charge in [0.05, 0.1) is 6.20 Å². The van der Waals surface area contributed by atoms with Crippen LogP contribution in [-0.4, -0.2) is 33.4 Å². The molecule has 4 rings (SSSR count). The summed E-state index contributed by atoms with van der Waals surface area (Å²) >= 11 is 0. The third-order valence-electron chi connectivity index (χ3n) is 5.21. The predicted octanol–water partition coefficient (Wildman–Crippen LogP) is 3.63. The molecule has 1 saturated carbocycles. The lowest BCUT2D eigenvalue weighted by atomic mass is 10.0. The zero-order chi connectivity index (χ0) is 20.6. The second kappa shape index (κ2) is 7.35. The summed E-state index contributed by atoms with van der Waals surface area (Å²) in [5, 5.41) is 5.88. The summed E-state index contributed by atoms with van der Waals surface area (Å²) in [4.78, 5) is 35.0. The highest BCUT2D eigenvalue weighted by atomic mass is 16.5. The van der Waals surface area contributed by atoms with Crippen molar-refractivity contribution in [2.24, 2.45) is 0 Å². The number of fused-ring (bicyclic) bond motifs is 1. The molecule has 2 aliphatic rings. The highest BCUT2D eigenvalue weighted by molar-refractivity contribution is 6.02. The number of carbonyl (C=O) groups excluding carboxylic acids is 2. The average Bonchev–Trinajstić information content (AvgIpc) is 3.18. The van der Waals surface area contributed by atoms with E-state index in [9.17, 15) is 9.59 Å². The molecule has 0 bridgehead atoms. The van der Waals surface area contributed by atoms with Crippen LogP contribution >= 0.6 is 0 Å². The first kappa shape index (κ1) is 19.2. The third kappa shape index (κ3) is 3.87. The fourth-order valence-corrected chi connectivity index (χ4v) is 3.84. The monoisotopic (exact) mass is 395 g/mol. The molecule has 0 radical (unpaired) electrons. The molecule has 0 unspecified atom stereocenters. The van der Waals surface area contributed by atoms with Gasteiger partial charge in [-0.3, -0.25) is 14.5 Å². The molecule has 2 heterocycles. The Labute approximate surface area is 169 Å². The van der Waals surface area contributed by atoms with Crippen LogP contribution < -0.4 is 20.3 Å². The topological polar surface area (TPSA) is 96.5 Å². The van der Waals surface area contributed by atoms with E-state index in [-0.39, 0.29) is 17.9 Å². The van der Waals surface area contributed by atoms with Crippen molar-refractivity contribution in [3.8, 4) is 5.75 Å². The fraction of sp³-hybridized carbons (Fsp3) is 0.429. The van der Waals surface area contributed by atoms with Gasteiger partial charge in [0.25, 0.3) is 5.91 Å². The van der Waals surface area contributed by atoms with Gasteiger partial charge in [0.1, 0.15) is 0 Å². The number of rotatable bonds is 4. The molecule has 1 aromatic carbocycles. The molecule has 0 saturated heterocycles. The minimum atomic E-state index is -0.937. The molecule has 2 aromatic rings. The quantitative estimate of drug-likeness (QED) is 0.821. The Morgan fingerprint density at radius 1 is 1.17 bits per heavy atom. The highest BCUT2D eigenvalue weighted by Gasteiger charge is 2.45. The van der Waals surface area contributed by atoms with Crippen LogP contribution in [-0.2, 0) is 9.59 Å². The molecule has 1 aliphatic carbocycles. The zero-order valence-electron chi connectivity index (χ0n) is 16.9. The van der Waals surface area contributed by atoms with Gasteiger partial charge in [-0.2, -0.15) is 4.98 Å². The van der Waals surface area contributed by atoms with Gasteiger partial charge in [-0.05, 0) is 51.0 Å². The van der Waals surface area contributed by atoms with E-state index in [0.29, 0.717) is 23.2 Å². The number of nitrogens with one attached hydrogen (secondary N) is 2. The van der Waals surface area contributed by atoms with E-state index in [2.05, 4.69) is 20.6 Å². The summed E-state index contributed by atoms with van der Waals surface area (Å²) in [7, 11) is 0. The predicted molar refractivity (Wildman–Crippen MR) is 111 cm³/mol. The summed E-state index contributed by atoms with van der Waals surface area (Å²) in [5.74, 6) is 1.24. The highest BCUT2D eigenvalue weighted by Crippen LogP contribution is 2.40. The van der Waals surface area contributed by atoms with E-state index in [1.807, 2.05) is 12.1 Å². The molecule has 2 N–H and O–H groups in total. The van der Waals surface area contributed by atoms with Crippen molar-refractivity contribution in [3.63, 3.8) is 0 Å². The summed E-state index contributed by atoms with van der Waals surface area (Å²) in [6, 6.07) is 7.38. The Morgan fingerprint density at radius 3 is 2.48 bits per heavy atom. The van der Waals surface area contributed by atoms with E-state index in [0.717, 1.165) is 31.4 Å². The first-order valence-electron chi connectivity index (χ1n) is 9.88. The normalized spacial score (nSPS) is 18.2. The van der Waals surface area contributed by atoms with Crippen molar-refractivity contribution in [2.75, 3.05) is 15.5 Å². The van der Waals surface area contributed by atoms with Crippen molar-refractivity contribution < 1.29 is 14.3 Å². The van der Waals surface area contributed by atoms with E-state index < -0.39 is 5.60 Å². The Morgan fingerprint density at radius 2 is 1.83 bits per heavy atom. The molecule has 1 fully saturated rings. The number of hydrogen-bond acceptors (Lipinski definition) is 6. The number of nitrogens with zero attached hydrogens (tertiary/aromatic N) is 3. The molecule has 8 heteroatoms. The molecule has 152 valence electrons. The average molecular weight is 395 g/mol. The van der Waals surface area contributed by atoms with Crippen molar-refractivity contribution >= 4 is 35.0 Å². The number of hydrogen-bond donors (Lipinski definition) is 2. The van der Waals surface area contributed by atoms with Crippen LogP contribution in [0.4, 0.5) is 23.1 Å². The SMILES string of the molecule is CC(=O)Nc1ccc(Nc2ncc3c(n2)N(C2CCCC2)C(=O)C(C)(C)O3)cc1. The van der Waals surface area contributed by atoms with Gasteiger partial charge in [-0.1, -0.05) is 12.8 Å². The maximum Gasteiger partial charge on any atom is 0.272 e. The number of anilines is 4. The third-order valence-corrected chi connectivity index (χ3v) is 5.21. The van der Waals surface area contributed by atoms with Crippen LogP contribution in [0.1, 0.15) is 46.5 Å². The Hall–Kier alpha value is -3.16. The minimum absolute atomic E-state index is 0.0683. The number of carbonyl (C=O) groups is 2. The molecule has 1 aromatic heterocycles. The van der Waals surface area contributed by atoms with Gasteiger partial charge >= 0.3 is 0 Å². The number of ether oxygens (including phenoxy) is 1. The first-order valence-corrected chi connectivity index (χ1v) is 9.88. The van der Waals surface area contributed by atoms with Crippen molar-refractivity contribution in [2.45, 2.75) is 58.1 Å². The summed E-state index contributed by atoms with van der Waals surface area (Å²) in [6.07, 6.45) is 5.79. The lowest BCUT2D eigenvalue weighted by Crippen LogP contribution is -2.55. The van der Waals surface area contributed by atoms with E-state index in [1.54, 1.807) is 37.1 Å². The van der Waals surface area contributed by atoms with E-state index in [1.165, 1.54) is 6.92 Å². The summed E-state index contributed by atoms with van der Waals surface area (Å²) in [5.41, 5.74) is 0.547. The van der Waals surface area contributed by atoms with Gasteiger partial charge in [-0.25, -0.2) is 4.98 Å². The van der Waals surface area contributed by atoms with Crippen molar-refractivity contribution in [3.05, 3.63) is 30.5 Å². The van der Waals surface area contributed by atoms with Crippen LogP contribution in [0.3, 0.4) is 0 Å². The van der Waals surface area contributed by atoms with E-state index >= 15 is 0 Å². The van der Waals surface area contributed by atoms with Crippen LogP contribution in [0.5, 0.6) is 5.75 Å². The summed E-state index contributed by atoms with van der Waals surface area (Å²) < 4.78 is 5.90. The Bertz CT molecular complexity index is 936. The molecule has 8 nitrogen and oxygen atoms in total. The van der Waals surface area contributed by atoms with Gasteiger partial charge in [0.2, 0.25) is 11.9 Å². The van der Waals surface area contributed by atoms with Crippen molar-refractivity contribution in [1.29, 1.82) is 0 Å². The van der Waals surface area contributed by atoms with Crippen LogP contribution in [0.25, 0.3) is 0 Å². The maximum absolute atomic E-state index is 13.1. The van der Waals surface area contributed by atoms with Gasteiger partial charge in [0.15, 0.2) is 17.2 Å². The fourth-order valence-electron chi connectivity index (χ4n) is 3.84. The van der Waals surface area contributed by atoms with Gasteiger partial charge < -0.3 is 15.4 Å². The second-order valence-corrected chi connectivity index (χ2v) is 7.99. The molecule has 0 spiro atoms. The Kier molecular flexibility index (Phi) is 4.86. The van der Waals surface area contributed by atoms with E-state index in [4.69, 9.17) is 4.74 Å². The summed E-state index contributed by atoms with van der Waals surface area (Å²) in [6.45, 7) is 5.03. The number of aromatic nitrogens is 2. The lowest BCUT2D eigenvalue weighted by Gasteiger charge is -2.40. The largest absolute Gasteiger partial charge is 0.472 e. The molecule has 0 atom stereocenters. The molecule has 2 amide bonds. The first-order chi connectivity index (χ1) is 13.8. The maximum atomic E-state index is 13.1. The van der Waals surface area contributed by atoms with Crippen LogP contribution in [0, 0.1) is 0 Å². The molecule has 29 heavy (non-hydrogen) atoms.